The average molecular weight is 172 g/mol. The summed E-state index contributed by atoms with van der Waals surface area (Å²) in [5.41, 5.74) is 8.80. The molecule has 3 atom stereocenters. The quantitative estimate of drug-likeness (QED) is 0.344. The van der Waals surface area contributed by atoms with Crippen LogP contribution in [-0.4, -0.2) is 37.9 Å². The van der Waals surface area contributed by atoms with Crippen molar-refractivity contribution in [3.8, 4) is 0 Å². The molecule has 0 bridgehead atoms. The van der Waals surface area contributed by atoms with E-state index in [1.54, 1.807) is 0 Å². The molecular weight excluding hydrogens is 156 g/mol. The first-order valence-corrected chi connectivity index (χ1v) is 4.46. The highest BCUT2D eigenvalue weighted by Gasteiger charge is 2.29. The van der Waals surface area contributed by atoms with Gasteiger partial charge in [0.2, 0.25) is 0 Å². The first kappa shape index (κ1) is 8.40. The largest absolute Gasteiger partial charge is 0.326 e. The van der Waals surface area contributed by atoms with Crippen molar-refractivity contribution < 1.29 is 4.84 Å². The molecule has 0 aliphatic carbocycles. The van der Waals surface area contributed by atoms with Crippen LogP contribution in [0.5, 0.6) is 0 Å². The number of rotatable bonds is 0. The molecule has 0 aromatic heterocycles. The molecule has 0 saturated carbocycles. The standard InChI is InChI=1S/C7H16N4O/c8-5-3-6-7(10-4-5)11-12-2-1-9-6/h5-7,9-11H,1-4,8H2. The summed E-state index contributed by atoms with van der Waals surface area (Å²) in [4.78, 5) is 5.18. The van der Waals surface area contributed by atoms with Gasteiger partial charge in [0.1, 0.15) is 0 Å². The maximum atomic E-state index is 5.82. The van der Waals surface area contributed by atoms with Crippen molar-refractivity contribution in [2.75, 3.05) is 19.7 Å². The fourth-order valence-corrected chi connectivity index (χ4v) is 1.74. The van der Waals surface area contributed by atoms with Gasteiger partial charge >= 0.3 is 0 Å². The molecule has 2 rings (SSSR count). The molecule has 0 aromatic rings. The van der Waals surface area contributed by atoms with Crippen LogP contribution < -0.4 is 21.8 Å². The van der Waals surface area contributed by atoms with Crippen molar-refractivity contribution in [2.24, 2.45) is 5.73 Å². The number of hydroxylamine groups is 1. The Bertz CT molecular complexity index is 154. The fraction of sp³-hybridized carbons (Fsp3) is 1.00. The molecule has 0 aromatic carbocycles. The predicted octanol–water partition coefficient (Wildman–Crippen LogP) is -1.87. The van der Waals surface area contributed by atoms with E-state index >= 15 is 0 Å². The van der Waals surface area contributed by atoms with Gasteiger partial charge in [-0.2, -0.15) is 5.48 Å². The minimum atomic E-state index is 0.215. The second-order valence-corrected chi connectivity index (χ2v) is 3.41. The summed E-state index contributed by atoms with van der Waals surface area (Å²) in [5.74, 6) is 0. The van der Waals surface area contributed by atoms with Crippen LogP contribution in [0.3, 0.4) is 0 Å². The van der Waals surface area contributed by atoms with Crippen LogP contribution in [0.1, 0.15) is 6.42 Å². The van der Waals surface area contributed by atoms with Crippen molar-refractivity contribution in [1.29, 1.82) is 0 Å². The Balaban J connectivity index is 1.94. The van der Waals surface area contributed by atoms with Crippen LogP contribution in [0.4, 0.5) is 0 Å². The van der Waals surface area contributed by atoms with Crippen LogP contribution in [0.25, 0.3) is 0 Å². The van der Waals surface area contributed by atoms with Crippen molar-refractivity contribution in [3.63, 3.8) is 0 Å². The van der Waals surface area contributed by atoms with Crippen molar-refractivity contribution in [1.82, 2.24) is 16.1 Å². The fourth-order valence-electron chi connectivity index (χ4n) is 1.74. The number of hydrogen-bond acceptors (Lipinski definition) is 5. The lowest BCUT2D eigenvalue weighted by molar-refractivity contribution is 0.0149. The van der Waals surface area contributed by atoms with E-state index in [4.69, 9.17) is 10.6 Å². The van der Waals surface area contributed by atoms with E-state index in [1.165, 1.54) is 0 Å². The highest BCUT2D eigenvalue weighted by molar-refractivity contribution is 4.89. The zero-order valence-corrected chi connectivity index (χ0v) is 7.05. The lowest BCUT2D eigenvalue weighted by Gasteiger charge is -2.34. The van der Waals surface area contributed by atoms with Crippen LogP contribution in [0.2, 0.25) is 0 Å². The Hall–Kier alpha value is -0.200. The molecule has 0 spiro atoms. The normalized spacial score (nSPS) is 43.2. The Morgan fingerprint density at radius 2 is 2.25 bits per heavy atom. The van der Waals surface area contributed by atoms with Gasteiger partial charge in [-0.05, 0) is 6.42 Å². The molecule has 2 saturated heterocycles. The second kappa shape index (κ2) is 3.68. The summed E-state index contributed by atoms with van der Waals surface area (Å²) in [5, 5.41) is 6.67. The topological polar surface area (TPSA) is 71.3 Å². The van der Waals surface area contributed by atoms with E-state index < -0.39 is 0 Å². The van der Waals surface area contributed by atoms with E-state index in [9.17, 15) is 0 Å². The van der Waals surface area contributed by atoms with Crippen LogP contribution in [0, 0.1) is 0 Å². The van der Waals surface area contributed by atoms with E-state index in [0.717, 1.165) is 19.5 Å². The first-order chi connectivity index (χ1) is 5.86. The van der Waals surface area contributed by atoms with Crippen LogP contribution >= 0.6 is 0 Å². The van der Waals surface area contributed by atoms with Crippen molar-refractivity contribution in [2.45, 2.75) is 24.7 Å². The zero-order valence-electron chi connectivity index (χ0n) is 7.05. The van der Waals surface area contributed by atoms with Gasteiger partial charge in [0.25, 0.3) is 0 Å². The second-order valence-electron chi connectivity index (χ2n) is 3.41. The maximum Gasteiger partial charge on any atom is 0.0968 e. The maximum absolute atomic E-state index is 5.82. The molecule has 3 unspecified atom stereocenters. The van der Waals surface area contributed by atoms with Gasteiger partial charge in [-0.1, -0.05) is 0 Å². The van der Waals surface area contributed by atoms with E-state index in [1.807, 2.05) is 0 Å². The van der Waals surface area contributed by atoms with Gasteiger partial charge in [-0.3, -0.25) is 10.2 Å². The Morgan fingerprint density at radius 3 is 3.17 bits per heavy atom. The van der Waals surface area contributed by atoms with Gasteiger partial charge < -0.3 is 11.1 Å². The van der Waals surface area contributed by atoms with Crippen molar-refractivity contribution in [3.05, 3.63) is 0 Å². The predicted molar refractivity (Wildman–Crippen MR) is 45.3 cm³/mol. The number of fused-ring (bicyclic) bond motifs is 1. The first-order valence-electron chi connectivity index (χ1n) is 4.46. The molecule has 2 fully saturated rings. The zero-order chi connectivity index (χ0) is 8.39. The third kappa shape index (κ3) is 1.75. The monoisotopic (exact) mass is 172 g/mol. The Kier molecular flexibility index (Phi) is 2.57. The minimum absolute atomic E-state index is 0.215. The molecule has 2 aliphatic heterocycles. The number of piperidine rings is 1. The van der Waals surface area contributed by atoms with Gasteiger partial charge in [0.15, 0.2) is 0 Å². The average Bonchev–Trinajstić information content (AvgIpc) is 2.28. The Morgan fingerprint density at radius 1 is 1.33 bits per heavy atom. The molecule has 5 nitrogen and oxygen atoms in total. The summed E-state index contributed by atoms with van der Waals surface area (Å²) in [6.07, 6.45) is 1.22. The van der Waals surface area contributed by atoms with Gasteiger partial charge in [-0.15, -0.1) is 0 Å². The lowest BCUT2D eigenvalue weighted by Crippen LogP contribution is -2.62. The van der Waals surface area contributed by atoms with E-state index in [0.29, 0.717) is 12.6 Å². The molecule has 2 aliphatic rings. The summed E-state index contributed by atoms with van der Waals surface area (Å²) in [6.45, 7) is 2.46. The SMILES string of the molecule is NC1CNC2NOCCNC2C1. The van der Waals surface area contributed by atoms with Gasteiger partial charge in [-0.25, -0.2) is 0 Å². The molecule has 5 N–H and O–H groups in total. The summed E-state index contributed by atoms with van der Waals surface area (Å²) < 4.78 is 0. The molecule has 12 heavy (non-hydrogen) atoms. The smallest absolute Gasteiger partial charge is 0.0968 e. The highest BCUT2D eigenvalue weighted by atomic mass is 16.6. The third-order valence-electron chi connectivity index (χ3n) is 2.38. The Labute approximate surface area is 72.0 Å². The molecular formula is C7H16N4O. The minimum Gasteiger partial charge on any atom is -0.326 e. The number of nitrogens with one attached hydrogen (secondary N) is 3. The summed E-state index contributed by atoms with van der Waals surface area (Å²) >= 11 is 0. The molecule has 70 valence electrons. The number of nitrogens with two attached hydrogens (primary N) is 1. The van der Waals surface area contributed by atoms with Gasteiger partial charge in [0.05, 0.1) is 12.8 Å². The molecule has 2 heterocycles. The van der Waals surface area contributed by atoms with Crippen LogP contribution in [-0.2, 0) is 4.84 Å². The van der Waals surface area contributed by atoms with E-state index in [-0.39, 0.29) is 12.2 Å². The van der Waals surface area contributed by atoms with Crippen LogP contribution in [0.15, 0.2) is 0 Å². The molecule has 0 amide bonds. The third-order valence-corrected chi connectivity index (χ3v) is 2.38. The molecule has 5 heteroatoms. The summed E-state index contributed by atoms with van der Waals surface area (Å²) in [6, 6.07) is 0.662. The van der Waals surface area contributed by atoms with Crippen molar-refractivity contribution >= 4 is 0 Å². The molecule has 0 radical (unpaired) electrons. The van der Waals surface area contributed by atoms with Gasteiger partial charge in [0, 0.05) is 25.2 Å². The summed E-state index contributed by atoms with van der Waals surface area (Å²) in [7, 11) is 0. The van der Waals surface area contributed by atoms with E-state index in [2.05, 4.69) is 16.1 Å². The highest BCUT2D eigenvalue weighted by Crippen LogP contribution is 2.07. The number of hydrogen-bond donors (Lipinski definition) is 4. The lowest BCUT2D eigenvalue weighted by atomic mass is 10.0.